The zero-order chi connectivity index (χ0) is 15.4. The van der Waals surface area contributed by atoms with Gasteiger partial charge in [-0.2, -0.15) is 0 Å². The van der Waals surface area contributed by atoms with Crippen molar-refractivity contribution in [1.29, 1.82) is 0 Å². The monoisotopic (exact) mass is 306 g/mol. The Morgan fingerprint density at radius 2 is 2.24 bits per heavy atom. The van der Waals surface area contributed by atoms with E-state index in [4.69, 9.17) is 5.84 Å². The van der Waals surface area contributed by atoms with Crippen molar-refractivity contribution in [3.8, 4) is 0 Å². The van der Waals surface area contributed by atoms with Crippen LogP contribution in [0, 0.1) is 10.1 Å². The van der Waals surface area contributed by atoms with Crippen LogP contribution in [0.15, 0.2) is 35.7 Å². The van der Waals surface area contributed by atoms with E-state index in [1.54, 1.807) is 23.3 Å². The summed E-state index contributed by atoms with van der Waals surface area (Å²) in [6.45, 7) is 0.485. The third kappa shape index (κ3) is 3.36. The van der Waals surface area contributed by atoms with Gasteiger partial charge in [-0.3, -0.25) is 20.8 Å². The molecule has 0 fully saturated rings. The van der Waals surface area contributed by atoms with Crippen LogP contribution in [0.2, 0.25) is 0 Å². The summed E-state index contributed by atoms with van der Waals surface area (Å²) in [5, 5.41) is 12.8. The number of nitro benzene ring substituents is 1. The van der Waals surface area contributed by atoms with Crippen molar-refractivity contribution >= 4 is 28.6 Å². The smallest absolute Gasteiger partial charge is 0.293 e. The van der Waals surface area contributed by atoms with Crippen molar-refractivity contribution in [3.05, 3.63) is 56.3 Å². The lowest BCUT2D eigenvalue weighted by Crippen LogP contribution is -2.26. The molecule has 0 spiro atoms. The van der Waals surface area contributed by atoms with Gasteiger partial charge >= 0.3 is 0 Å². The highest BCUT2D eigenvalue weighted by atomic mass is 32.1. The summed E-state index contributed by atoms with van der Waals surface area (Å²) in [5.41, 5.74) is 2.52. The average molecular weight is 306 g/mol. The largest absolute Gasteiger partial charge is 0.337 e. The van der Waals surface area contributed by atoms with E-state index < -0.39 is 4.92 Å². The zero-order valence-electron chi connectivity index (χ0n) is 11.3. The molecule has 0 aliphatic heterocycles. The Balaban J connectivity index is 2.20. The van der Waals surface area contributed by atoms with Gasteiger partial charge in [0.25, 0.3) is 11.6 Å². The molecule has 8 heteroatoms. The van der Waals surface area contributed by atoms with Crippen LogP contribution in [0.3, 0.4) is 0 Å². The maximum atomic E-state index is 12.3. The third-order valence-corrected chi connectivity index (χ3v) is 3.78. The topological polar surface area (TPSA) is 102 Å². The van der Waals surface area contributed by atoms with Crippen molar-refractivity contribution in [2.75, 3.05) is 12.5 Å². The van der Waals surface area contributed by atoms with Gasteiger partial charge in [0.1, 0.15) is 5.69 Å². The number of nitrogens with two attached hydrogens (primary N) is 1. The molecule has 0 bridgehead atoms. The van der Waals surface area contributed by atoms with Crippen molar-refractivity contribution < 1.29 is 9.72 Å². The van der Waals surface area contributed by atoms with Crippen LogP contribution in [0.4, 0.5) is 11.4 Å². The number of hydrogen-bond donors (Lipinski definition) is 2. The zero-order valence-corrected chi connectivity index (χ0v) is 12.1. The molecular formula is C13H14N4O3S. The van der Waals surface area contributed by atoms with Crippen molar-refractivity contribution in [2.45, 2.75) is 6.54 Å². The number of nitrogens with zero attached hydrogens (tertiary/aromatic N) is 2. The second kappa shape index (κ2) is 6.33. The highest BCUT2D eigenvalue weighted by Gasteiger charge is 2.18. The number of benzene rings is 1. The lowest BCUT2D eigenvalue weighted by atomic mass is 10.1. The van der Waals surface area contributed by atoms with E-state index in [0.29, 0.717) is 12.1 Å². The second-order valence-electron chi connectivity index (χ2n) is 4.37. The third-order valence-electron chi connectivity index (χ3n) is 2.92. The van der Waals surface area contributed by atoms with Gasteiger partial charge in [-0.05, 0) is 23.6 Å². The molecule has 110 valence electrons. The molecule has 0 aliphatic rings. The normalized spacial score (nSPS) is 10.2. The minimum atomic E-state index is -0.557. The molecule has 1 heterocycles. The number of nitrogen functional groups attached to an aromatic ring is 1. The number of rotatable bonds is 5. The highest BCUT2D eigenvalue weighted by Crippen LogP contribution is 2.25. The van der Waals surface area contributed by atoms with Gasteiger partial charge in [0.05, 0.1) is 11.5 Å². The SMILES string of the molecule is CN(Cc1cccs1)C(=O)c1ccc([N+](=O)[O-])c(NN)c1. The summed E-state index contributed by atoms with van der Waals surface area (Å²) in [6.07, 6.45) is 0. The highest BCUT2D eigenvalue weighted by molar-refractivity contribution is 7.09. The van der Waals surface area contributed by atoms with Crippen molar-refractivity contribution in [3.63, 3.8) is 0 Å². The van der Waals surface area contributed by atoms with E-state index in [1.165, 1.54) is 18.2 Å². The Bertz CT molecular complexity index is 657. The summed E-state index contributed by atoms with van der Waals surface area (Å²) in [6, 6.07) is 7.93. The van der Waals surface area contributed by atoms with Crippen LogP contribution >= 0.6 is 11.3 Å². The maximum Gasteiger partial charge on any atom is 0.293 e. The Labute approximate surface area is 125 Å². The first-order chi connectivity index (χ1) is 10.0. The number of anilines is 1. The van der Waals surface area contributed by atoms with Crippen molar-refractivity contribution in [2.24, 2.45) is 5.84 Å². The first-order valence-corrected chi connectivity index (χ1v) is 6.94. The lowest BCUT2D eigenvalue weighted by Gasteiger charge is -2.16. The molecule has 0 saturated carbocycles. The number of hydrogen-bond acceptors (Lipinski definition) is 6. The van der Waals surface area contributed by atoms with Gasteiger partial charge in [-0.1, -0.05) is 6.07 Å². The van der Waals surface area contributed by atoms with Gasteiger partial charge in [-0.15, -0.1) is 11.3 Å². The molecule has 3 N–H and O–H groups in total. The molecule has 0 atom stereocenters. The first kappa shape index (κ1) is 14.9. The fourth-order valence-electron chi connectivity index (χ4n) is 1.87. The minimum absolute atomic E-state index is 0.107. The molecule has 1 aromatic heterocycles. The van der Waals surface area contributed by atoms with Gasteiger partial charge in [0, 0.05) is 23.6 Å². The molecule has 1 aromatic carbocycles. The maximum absolute atomic E-state index is 12.3. The Hall–Kier alpha value is -2.45. The second-order valence-corrected chi connectivity index (χ2v) is 5.41. The van der Waals surface area contributed by atoms with Crippen LogP contribution in [-0.2, 0) is 6.54 Å². The van der Waals surface area contributed by atoms with E-state index in [1.807, 2.05) is 17.5 Å². The first-order valence-electron chi connectivity index (χ1n) is 6.06. The molecular weight excluding hydrogens is 292 g/mol. The lowest BCUT2D eigenvalue weighted by molar-refractivity contribution is -0.384. The number of carbonyl (C=O) groups excluding carboxylic acids is 1. The van der Waals surface area contributed by atoms with E-state index in [2.05, 4.69) is 5.43 Å². The fraction of sp³-hybridized carbons (Fsp3) is 0.154. The number of nitrogens with one attached hydrogen (secondary N) is 1. The van der Waals surface area contributed by atoms with Crippen LogP contribution in [0.5, 0.6) is 0 Å². The summed E-state index contributed by atoms with van der Waals surface area (Å²) in [5.74, 6) is 5.04. The Morgan fingerprint density at radius 3 is 2.81 bits per heavy atom. The molecule has 0 aliphatic carbocycles. The predicted molar refractivity (Wildman–Crippen MR) is 81.0 cm³/mol. The predicted octanol–water partition coefficient (Wildman–Crippen LogP) is 2.21. The number of nitro groups is 1. The standard InChI is InChI=1S/C13H14N4O3S/c1-16(8-10-3-2-6-21-10)13(18)9-4-5-12(17(19)20)11(7-9)15-14/h2-7,15H,8,14H2,1H3. The summed E-state index contributed by atoms with van der Waals surface area (Å²) >= 11 is 1.56. The van der Waals surface area contributed by atoms with Crippen molar-refractivity contribution in [1.82, 2.24) is 4.90 Å². The molecule has 21 heavy (non-hydrogen) atoms. The summed E-state index contributed by atoms with van der Waals surface area (Å²) < 4.78 is 0. The number of carbonyl (C=O) groups is 1. The van der Waals surface area contributed by atoms with Crippen LogP contribution < -0.4 is 11.3 Å². The van der Waals surface area contributed by atoms with E-state index in [9.17, 15) is 14.9 Å². The molecule has 0 unspecified atom stereocenters. The minimum Gasteiger partial charge on any atom is -0.337 e. The van der Waals surface area contributed by atoms with Gasteiger partial charge in [0.2, 0.25) is 0 Å². The molecule has 1 amide bonds. The van der Waals surface area contributed by atoms with Crippen LogP contribution in [0.1, 0.15) is 15.2 Å². The summed E-state index contributed by atoms with van der Waals surface area (Å²) in [4.78, 5) is 25.2. The summed E-state index contributed by atoms with van der Waals surface area (Å²) in [7, 11) is 1.68. The molecule has 0 saturated heterocycles. The van der Waals surface area contributed by atoms with Crippen LogP contribution in [0.25, 0.3) is 0 Å². The van der Waals surface area contributed by atoms with E-state index in [0.717, 1.165) is 4.88 Å². The molecule has 2 aromatic rings. The Kier molecular flexibility index (Phi) is 4.51. The average Bonchev–Trinajstić information content (AvgIpc) is 2.98. The van der Waals surface area contributed by atoms with E-state index >= 15 is 0 Å². The quantitative estimate of drug-likeness (QED) is 0.501. The van der Waals surface area contributed by atoms with Gasteiger partial charge in [0.15, 0.2) is 0 Å². The van der Waals surface area contributed by atoms with Gasteiger partial charge in [-0.25, -0.2) is 0 Å². The number of thiophene rings is 1. The van der Waals surface area contributed by atoms with Gasteiger partial charge < -0.3 is 10.3 Å². The molecule has 2 rings (SSSR count). The Morgan fingerprint density at radius 1 is 1.48 bits per heavy atom. The fourth-order valence-corrected chi connectivity index (χ4v) is 2.63. The number of hydrazine groups is 1. The number of amides is 1. The van der Waals surface area contributed by atoms with Crippen LogP contribution in [-0.4, -0.2) is 22.8 Å². The van der Waals surface area contributed by atoms with E-state index in [-0.39, 0.29) is 17.3 Å². The molecule has 0 radical (unpaired) electrons. The molecule has 7 nitrogen and oxygen atoms in total.